The number of carboxylic acids is 1. The summed E-state index contributed by atoms with van der Waals surface area (Å²) < 4.78 is 107. The Morgan fingerprint density at radius 2 is 1.57 bits per heavy atom. The molecule has 21 heavy (non-hydrogen) atoms. The normalized spacial score (nSPS) is 27.7. The van der Waals surface area contributed by atoms with Crippen molar-refractivity contribution in [3.05, 3.63) is 0 Å². The molecule has 1 aliphatic rings. The Bertz CT molecular complexity index is 383. The Balaban J connectivity index is -0.0000000699. The van der Waals surface area contributed by atoms with Crippen LogP contribution in [-0.2, 0) is 9.53 Å². The summed E-state index contributed by atoms with van der Waals surface area (Å²) in [6, 6.07) is 0. The van der Waals surface area contributed by atoms with E-state index in [9.17, 15) is 4.79 Å². The standard InChI is InChI=1S/C11H20O3.7CH4/c1-9-10(14-9)7-5-3-2-4-6-8-11(12)13;;;;;;;/h9-10H,2-8H2,1H3,(H,12,13);7*1H4/i1D;3*1D4;4*1D. The molecule has 0 aromatic heterocycles. The Kier molecular flexibility index (Phi) is 9.70. The second kappa shape index (κ2) is 24.4. The molecule has 0 aromatic carbocycles. The largest absolute Gasteiger partial charge is 0.481 e. The first kappa shape index (κ1) is 8.33. The number of ether oxygens (including phenoxy) is 1. The van der Waals surface area contributed by atoms with Crippen LogP contribution in [0.25, 0.3) is 0 Å². The van der Waals surface area contributed by atoms with Crippen LogP contribution in [0.15, 0.2) is 0 Å². The first-order valence-electron chi connectivity index (χ1n) is 16.1. The van der Waals surface area contributed by atoms with E-state index < -0.39 is 28.0 Å². The first-order chi connectivity index (χ1) is 17.2. The number of epoxide rings is 1. The quantitative estimate of drug-likeness (QED) is 0.383. The molecule has 0 aromatic rings. The fraction of sp³-hybridized carbons (Fsp3) is 0.944. The minimum Gasteiger partial charge on any atom is -0.481 e. The van der Waals surface area contributed by atoms with E-state index in [1.165, 1.54) is 29.6 Å². The highest BCUT2D eigenvalue weighted by Gasteiger charge is 2.32. The number of carboxylic acid groups (broad SMARTS) is 1. The molecule has 0 radical (unpaired) electrons. The lowest BCUT2D eigenvalue weighted by Gasteiger charge is -1.98. The van der Waals surface area contributed by atoms with Gasteiger partial charge in [0.2, 0.25) is 0 Å². The molecule has 1 heterocycles. The maximum Gasteiger partial charge on any atom is 0.303 e. The molecule has 1 saturated heterocycles. The molecule has 1 N–H and O–H groups in total. The Hall–Kier alpha value is -0.570. The van der Waals surface area contributed by atoms with Gasteiger partial charge in [-0.2, -0.15) is 0 Å². The highest BCUT2D eigenvalue weighted by Crippen LogP contribution is 2.26. The fourth-order valence-electron chi connectivity index (χ4n) is 1.59. The number of hydrogen-bond acceptors (Lipinski definition) is 2. The molecule has 0 amide bonds. The number of carbonyl (C=O) groups is 1. The second-order valence-electron chi connectivity index (χ2n) is 3.91. The van der Waals surface area contributed by atoms with Gasteiger partial charge in [-0.3, -0.25) is 4.79 Å². The van der Waals surface area contributed by atoms with Gasteiger partial charge in [-0.15, -0.1) is 0 Å². The number of rotatable bonds is 8. The molecule has 2 unspecified atom stereocenters. The smallest absolute Gasteiger partial charge is 0.303 e. The number of hydrogen-bond donors (Lipinski definition) is 1. The average Bonchev–Trinajstić information content (AvgIpc) is 3.54. The van der Waals surface area contributed by atoms with Crippen molar-refractivity contribution in [2.24, 2.45) is 0 Å². The molecule has 1 rings (SSSR count). The Labute approximate surface area is 161 Å². The summed E-state index contributed by atoms with van der Waals surface area (Å²) in [7, 11) is -2.50. The van der Waals surface area contributed by atoms with Gasteiger partial charge in [0, 0.05) is 29.7 Å². The summed E-state index contributed by atoms with van der Waals surface area (Å²) in [5.41, 5.74) is 0. The fourth-order valence-corrected chi connectivity index (χ4v) is 1.59. The Morgan fingerprint density at radius 3 is 2.00 bits per heavy atom. The molecule has 0 aliphatic carbocycles. The zero-order chi connectivity index (χ0) is 32.6. The molecule has 0 saturated carbocycles. The molecule has 2 atom stereocenters. The van der Waals surface area contributed by atoms with Crippen LogP contribution in [0.2, 0.25) is 0 Å². The van der Waals surface area contributed by atoms with Crippen LogP contribution in [0.5, 0.6) is 0 Å². The molecule has 138 valence electrons. The van der Waals surface area contributed by atoms with Crippen LogP contribution in [0.4, 0.5) is 0 Å². The van der Waals surface area contributed by atoms with Gasteiger partial charge >= 0.3 is 5.97 Å². The third kappa shape index (κ3) is 24.8. The summed E-state index contributed by atoms with van der Waals surface area (Å²) in [6.07, 6.45) is 7.15. The zero-order valence-electron chi connectivity index (χ0n) is 31.1. The maximum absolute atomic E-state index is 10.2. The average molecular weight is 330 g/mol. The van der Waals surface area contributed by atoms with Gasteiger partial charge in [0.25, 0.3) is 0 Å². The van der Waals surface area contributed by atoms with Gasteiger partial charge in [-0.1, -0.05) is 77.3 Å². The van der Waals surface area contributed by atoms with Crippen molar-refractivity contribution in [1.29, 1.82) is 0 Å². The van der Waals surface area contributed by atoms with Gasteiger partial charge in [-0.05, 0) is 19.7 Å². The van der Waals surface area contributed by atoms with Gasteiger partial charge in [0.05, 0.1) is 12.2 Å². The van der Waals surface area contributed by atoms with Crippen LogP contribution in [0.3, 0.4) is 0 Å². The molecular formula is C18H48O3. The third-order valence-corrected chi connectivity index (χ3v) is 2.57. The molecule has 0 spiro atoms. The molecular weight excluding hydrogens is 264 g/mol. The number of aliphatic carboxylic acids is 1. The topological polar surface area (TPSA) is 49.8 Å². The van der Waals surface area contributed by atoms with E-state index in [1.807, 2.05) is 0 Å². The highest BCUT2D eigenvalue weighted by molar-refractivity contribution is 5.66. The maximum atomic E-state index is 10.2. The van der Waals surface area contributed by atoms with Crippen molar-refractivity contribution in [3.63, 3.8) is 0 Å². The van der Waals surface area contributed by atoms with E-state index in [0.717, 1.165) is 38.5 Å². The molecule has 3 nitrogen and oxygen atoms in total. The lowest BCUT2D eigenvalue weighted by Crippen LogP contribution is -1.94. The molecule has 1 aliphatic heterocycles. The summed E-state index contributed by atoms with van der Waals surface area (Å²) >= 11 is 0. The lowest BCUT2D eigenvalue weighted by atomic mass is 10.1. The predicted octanol–water partition coefficient (Wildman–Crippen LogP) is 7.04. The van der Waals surface area contributed by atoms with Gasteiger partial charge < -0.3 is 9.84 Å². The van der Waals surface area contributed by atoms with Crippen molar-refractivity contribution < 1.29 is 37.9 Å². The van der Waals surface area contributed by atoms with Crippen molar-refractivity contribution >= 4 is 5.97 Å². The van der Waals surface area contributed by atoms with E-state index in [-0.39, 0.29) is 6.10 Å². The van der Waals surface area contributed by atoms with Crippen molar-refractivity contribution in [2.75, 3.05) is 0 Å². The van der Waals surface area contributed by atoms with Crippen LogP contribution in [-0.4, -0.2) is 23.3 Å². The van der Waals surface area contributed by atoms with E-state index in [4.69, 9.17) is 33.1 Å². The van der Waals surface area contributed by atoms with Crippen LogP contribution >= 0.6 is 0 Å². The minimum absolute atomic E-state index is 0.206. The van der Waals surface area contributed by atoms with Crippen molar-refractivity contribution in [3.8, 4) is 0 Å². The summed E-state index contributed by atoms with van der Waals surface area (Å²) in [5.74, 6) is -0.695. The van der Waals surface area contributed by atoms with Crippen molar-refractivity contribution in [1.82, 2.24) is 0 Å². The lowest BCUT2D eigenvalue weighted by molar-refractivity contribution is -0.137. The summed E-state index contributed by atoms with van der Waals surface area (Å²) in [5, 5.41) is 8.42. The molecule has 1 fully saturated rings. The van der Waals surface area contributed by atoms with Crippen LogP contribution in [0, 0.1) is 0 Å². The van der Waals surface area contributed by atoms with Crippen LogP contribution < -0.4 is 0 Å². The van der Waals surface area contributed by atoms with E-state index >= 15 is 0 Å². The first-order valence-corrected chi connectivity index (χ1v) is 5.40. The second-order valence-corrected chi connectivity index (χ2v) is 3.91. The predicted molar refractivity (Wildman–Crippen MR) is 101 cm³/mol. The van der Waals surface area contributed by atoms with Gasteiger partial charge in [0.1, 0.15) is 0 Å². The van der Waals surface area contributed by atoms with E-state index in [2.05, 4.69) is 0 Å². The SMILES string of the molecule is [2H]C.[2H]C.[2H]C.[2H]C.[2H]C([2H])([2H])[2H].[2H]C([2H])([2H])[2H].[2H]C([2H])([2H])[2H].[2H]CC1OC1CCCCCCCC(=O)O. The molecule has 3 heteroatoms. The van der Waals surface area contributed by atoms with Crippen LogP contribution in [0.1, 0.15) is 127 Å². The van der Waals surface area contributed by atoms with Gasteiger partial charge in [-0.25, -0.2) is 0 Å². The van der Waals surface area contributed by atoms with Crippen molar-refractivity contribution in [2.45, 2.75) is 116 Å². The summed E-state index contributed by atoms with van der Waals surface area (Å²) in [6.45, 7) is 0.392. The van der Waals surface area contributed by atoms with E-state index in [1.54, 1.807) is 0 Å². The zero-order valence-corrected chi connectivity index (χ0v) is 14.1. The van der Waals surface area contributed by atoms with Gasteiger partial charge in [0.15, 0.2) is 0 Å². The Morgan fingerprint density at radius 1 is 1.10 bits per heavy atom. The monoisotopic (exact) mass is 329 g/mol. The highest BCUT2D eigenvalue weighted by atomic mass is 16.6. The molecule has 0 bridgehead atoms. The van der Waals surface area contributed by atoms with E-state index in [0.29, 0.717) is 19.4 Å². The third-order valence-electron chi connectivity index (χ3n) is 2.57. The minimum atomic E-state index is -2.50. The number of unbranched alkanes of at least 4 members (excludes halogenated alkanes) is 4. The summed E-state index contributed by atoms with van der Waals surface area (Å²) in [4.78, 5) is 10.2.